The standard InChI is InChI=1S/C45H28N6/c1-8-22-36-29(15-1)30-16-2-9-23-37(30)49(36)42-28-14-7-21-35(42)43-46-44(50-38-24-10-3-17-31(38)32-18-4-11-25-39(32)50)48-45(47-43)51-40-26-12-5-19-33(40)34-20-6-13-27-41(34)51/h1-28H/i7D,14D,21D,28D. The lowest BCUT2D eigenvalue weighted by atomic mass is 10.1. The number of fused-ring (bicyclic) bond motifs is 9. The van der Waals surface area contributed by atoms with Crippen LogP contribution in [-0.2, 0) is 0 Å². The quantitative estimate of drug-likeness (QED) is 0.189. The van der Waals surface area contributed by atoms with Crippen LogP contribution in [0.3, 0.4) is 0 Å². The van der Waals surface area contributed by atoms with Gasteiger partial charge in [0.2, 0.25) is 11.9 Å². The molecule has 0 aliphatic carbocycles. The van der Waals surface area contributed by atoms with Gasteiger partial charge in [-0.3, -0.25) is 9.13 Å². The summed E-state index contributed by atoms with van der Waals surface area (Å²) in [5.74, 6) is 0.757. The summed E-state index contributed by atoms with van der Waals surface area (Å²) in [6, 6.07) is 47.2. The van der Waals surface area contributed by atoms with E-state index in [0.717, 1.165) is 65.4 Å². The highest BCUT2D eigenvalue weighted by Gasteiger charge is 2.22. The number of para-hydroxylation sites is 7. The molecule has 11 aromatic rings. The average Bonchev–Trinajstić information content (AvgIpc) is 3.87. The van der Waals surface area contributed by atoms with Crippen molar-refractivity contribution in [1.82, 2.24) is 28.7 Å². The fourth-order valence-corrected chi connectivity index (χ4v) is 7.74. The Morgan fingerprint density at radius 2 is 0.667 bits per heavy atom. The molecule has 0 fully saturated rings. The molecule has 7 aromatic carbocycles. The molecule has 0 unspecified atom stereocenters. The van der Waals surface area contributed by atoms with Gasteiger partial charge in [-0.15, -0.1) is 0 Å². The summed E-state index contributed by atoms with van der Waals surface area (Å²) >= 11 is 0. The van der Waals surface area contributed by atoms with E-state index in [1.807, 2.05) is 135 Å². The fraction of sp³-hybridized carbons (Fsp3) is 0. The summed E-state index contributed by atoms with van der Waals surface area (Å²) in [6.07, 6.45) is 0. The van der Waals surface area contributed by atoms with Gasteiger partial charge in [0.25, 0.3) is 0 Å². The van der Waals surface area contributed by atoms with Crippen molar-refractivity contribution in [3.8, 4) is 29.0 Å². The van der Waals surface area contributed by atoms with Gasteiger partial charge in [-0.25, -0.2) is 0 Å². The molecule has 0 atom stereocenters. The first-order valence-electron chi connectivity index (χ1n) is 18.8. The third-order valence-electron chi connectivity index (χ3n) is 9.87. The van der Waals surface area contributed by atoms with Crippen LogP contribution < -0.4 is 0 Å². The number of benzene rings is 7. The topological polar surface area (TPSA) is 53.5 Å². The van der Waals surface area contributed by atoms with E-state index in [1.165, 1.54) is 0 Å². The van der Waals surface area contributed by atoms with E-state index in [2.05, 4.69) is 24.3 Å². The molecule has 6 heteroatoms. The second-order valence-electron chi connectivity index (χ2n) is 12.6. The van der Waals surface area contributed by atoms with Crippen molar-refractivity contribution in [2.75, 3.05) is 0 Å². The lowest BCUT2D eigenvalue weighted by molar-refractivity contribution is 0.892. The van der Waals surface area contributed by atoms with Crippen molar-refractivity contribution in [2.24, 2.45) is 0 Å². The first kappa shape index (κ1) is 24.1. The number of hydrogen-bond acceptors (Lipinski definition) is 3. The maximum atomic E-state index is 9.53. The minimum absolute atomic E-state index is 0.118. The molecular weight excluding hydrogens is 625 g/mol. The smallest absolute Gasteiger partial charge is 0.240 e. The Bertz CT molecular complexity index is 3100. The van der Waals surface area contributed by atoms with E-state index in [9.17, 15) is 2.74 Å². The molecule has 0 aliphatic rings. The first-order chi connectivity index (χ1) is 27.0. The molecule has 0 saturated carbocycles. The van der Waals surface area contributed by atoms with E-state index < -0.39 is 0 Å². The van der Waals surface area contributed by atoms with E-state index >= 15 is 0 Å². The first-order valence-corrected chi connectivity index (χ1v) is 16.8. The Kier molecular flexibility index (Phi) is 5.08. The lowest BCUT2D eigenvalue weighted by Crippen LogP contribution is -2.11. The Morgan fingerprint density at radius 3 is 1.04 bits per heavy atom. The summed E-state index contributed by atoms with van der Waals surface area (Å²) in [5, 5.41) is 6.06. The molecule has 0 amide bonds. The maximum Gasteiger partial charge on any atom is 0.240 e. The Balaban J connectivity index is 1.32. The molecule has 11 rings (SSSR count). The molecule has 0 spiro atoms. The predicted molar refractivity (Wildman–Crippen MR) is 208 cm³/mol. The molecule has 238 valence electrons. The normalized spacial score (nSPS) is 13.0. The fourth-order valence-electron chi connectivity index (χ4n) is 7.74. The van der Waals surface area contributed by atoms with Crippen LogP contribution >= 0.6 is 0 Å². The van der Waals surface area contributed by atoms with Crippen LogP contribution in [0.1, 0.15) is 5.48 Å². The third kappa shape index (κ3) is 4.01. The highest BCUT2D eigenvalue weighted by atomic mass is 15.3. The van der Waals surface area contributed by atoms with Gasteiger partial charge >= 0.3 is 0 Å². The van der Waals surface area contributed by atoms with Gasteiger partial charge in [0.05, 0.1) is 44.3 Å². The summed E-state index contributed by atoms with van der Waals surface area (Å²) in [7, 11) is 0. The van der Waals surface area contributed by atoms with E-state index in [-0.39, 0.29) is 41.2 Å². The highest BCUT2D eigenvalue weighted by molar-refractivity contribution is 6.11. The second-order valence-corrected chi connectivity index (χ2v) is 12.6. The van der Waals surface area contributed by atoms with Gasteiger partial charge in [-0.05, 0) is 48.5 Å². The molecule has 0 bridgehead atoms. The van der Waals surface area contributed by atoms with Gasteiger partial charge in [0, 0.05) is 37.9 Å². The van der Waals surface area contributed by atoms with E-state index in [0.29, 0.717) is 11.9 Å². The molecule has 51 heavy (non-hydrogen) atoms. The molecule has 4 aromatic heterocycles. The SMILES string of the molecule is [2H]c1c([2H])c([2H])c(-n2c3ccccc3c3ccccc32)c(-c2nc(-n3c4ccccc4c4ccccc43)nc(-n3c4ccccc4c4ccccc43)n2)c1[2H]. The van der Waals surface area contributed by atoms with Gasteiger partial charge < -0.3 is 4.57 Å². The van der Waals surface area contributed by atoms with Crippen LogP contribution in [0.4, 0.5) is 0 Å². The average molecular weight is 657 g/mol. The van der Waals surface area contributed by atoms with Crippen molar-refractivity contribution in [2.45, 2.75) is 0 Å². The monoisotopic (exact) mass is 656 g/mol. The Labute approximate surface area is 297 Å². The van der Waals surface area contributed by atoms with Gasteiger partial charge in [-0.2, -0.15) is 15.0 Å². The van der Waals surface area contributed by atoms with Crippen LogP contribution in [0.5, 0.6) is 0 Å². The molecule has 0 saturated heterocycles. The third-order valence-corrected chi connectivity index (χ3v) is 9.87. The Hall–Kier alpha value is -7.05. The zero-order valence-corrected chi connectivity index (χ0v) is 27.0. The van der Waals surface area contributed by atoms with Gasteiger partial charge in [-0.1, -0.05) is 121 Å². The molecule has 6 nitrogen and oxygen atoms in total. The van der Waals surface area contributed by atoms with E-state index in [1.54, 1.807) is 0 Å². The minimum atomic E-state index is -0.373. The largest absolute Gasteiger partial charge is 0.309 e. The summed E-state index contributed by atoms with van der Waals surface area (Å²) in [5.41, 5.74) is 5.61. The molecule has 0 N–H and O–H groups in total. The van der Waals surface area contributed by atoms with Crippen molar-refractivity contribution in [3.05, 3.63) is 170 Å². The van der Waals surface area contributed by atoms with Crippen molar-refractivity contribution < 1.29 is 5.48 Å². The molecular formula is C45H28N6. The summed E-state index contributed by atoms with van der Waals surface area (Å²) in [6.45, 7) is 0. The van der Waals surface area contributed by atoms with Crippen LogP contribution in [0.25, 0.3) is 94.4 Å². The number of hydrogen-bond donors (Lipinski definition) is 0. The zero-order chi connectivity index (χ0) is 36.9. The Morgan fingerprint density at radius 1 is 0.353 bits per heavy atom. The second kappa shape index (κ2) is 10.7. The molecule has 4 heterocycles. The van der Waals surface area contributed by atoms with Crippen molar-refractivity contribution >= 4 is 65.4 Å². The number of nitrogens with zero attached hydrogens (tertiary/aromatic N) is 6. The van der Waals surface area contributed by atoms with Crippen LogP contribution in [0.2, 0.25) is 0 Å². The number of rotatable bonds is 4. The summed E-state index contributed by atoms with van der Waals surface area (Å²) < 4.78 is 42.8. The van der Waals surface area contributed by atoms with Crippen LogP contribution in [0, 0.1) is 0 Å². The lowest BCUT2D eigenvalue weighted by Gasteiger charge is -2.16. The van der Waals surface area contributed by atoms with Crippen LogP contribution in [-0.4, -0.2) is 28.7 Å². The summed E-state index contributed by atoms with van der Waals surface area (Å²) in [4.78, 5) is 15.6. The minimum Gasteiger partial charge on any atom is -0.309 e. The maximum absolute atomic E-state index is 9.53. The predicted octanol–water partition coefficient (Wildman–Crippen LogP) is 10.8. The van der Waals surface area contributed by atoms with E-state index in [4.69, 9.17) is 17.7 Å². The van der Waals surface area contributed by atoms with Crippen molar-refractivity contribution in [1.29, 1.82) is 0 Å². The molecule has 0 radical (unpaired) electrons. The number of aromatic nitrogens is 6. The van der Waals surface area contributed by atoms with Crippen LogP contribution in [0.15, 0.2) is 170 Å². The van der Waals surface area contributed by atoms with Crippen molar-refractivity contribution in [3.63, 3.8) is 0 Å². The van der Waals surface area contributed by atoms with Gasteiger partial charge in [0.15, 0.2) is 5.82 Å². The molecule has 0 aliphatic heterocycles. The highest BCUT2D eigenvalue weighted by Crippen LogP contribution is 2.37. The zero-order valence-electron chi connectivity index (χ0n) is 31.0. The van der Waals surface area contributed by atoms with Gasteiger partial charge in [0.1, 0.15) is 0 Å².